The first-order chi connectivity index (χ1) is 6.65. The van der Waals surface area contributed by atoms with Crippen molar-refractivity contribution in [2.24, 2.45) is 18.2 Å². The summed E-state index contributed by atoms with van der Waals surface area (Å²) in [6, 6.07) is 0. The second-order valence-corrected chi connectivity index (χ2v) is 4.11. The summed E-state index contributed by atoms with van der Waals surface area (Å²) in [6.45, 7) is 5.19. The predicted octanol–water partition coefficient (Wildman–Crippen LogP) is 1.73. The molecule has 0 saturated heterocycles. The number of hydrogen-bond acceptors (Lipinski definition) is 2. The van der Waals surface area contributed by atoms with Crippen LogP contribution in [0.5, 0.6) is 0 Å². The van der Waals surface area contributed by atoms with Crippen LogP contribution in [0.15, 0.2) is 12.4 Å². The first-order valence-corrected chi connectivity index (χ1v) is 5.33. The zero-order valence-electron chi connectivity index (χ0n) is 9.45. The van der Waals surface area contributed by atoms with E-state index in [2.05, 4.69) is 25.1 Å². The first kappa shape index (κ1) is 11.2. The summed E-state index contributed by atoms with van der Waals surface area (Å²) in [6.07, 6.45) is 7.33. The molecule has 80 valence electrons. The van der Waals surface area contributed by atoms with E-state index in [-0.39, 0.29) is 5.41 Å². The van der Waals surface area contributed by atoms with Crippen molar-refractivity contribution >= 4 is 0 Å². The van der Waals surface area contributed by atoms with Gasteiger partial charge in [0.2, 0.25) is 0 Å². The normalized spacial score (nSPS) is 12.0. The third kappa shape index (κ3) is 2.35. The molecule has 0 saturated carbocycles. The average Bonchev–Trinajstić information content (AvgIpc) is 2.61. The van der Waals surface area contributed by atoms with Gasteiger partial charge in [-0.15, -0.1) is 0 Å². The average molecular weight is 195 g/mol. The van der Waals surface area contributed by atoms with Crippen LogP contribution in [0, 0.1) is 5.41 Å². The highest BCUT2D eigenvalue weighted by Gasteiger charge is 2.24. The van der Waals surface area contributed by atoms with E-state index >= 15 is 0 Å². The minimum Gasteiger partial charge on any atom is -0.330 e. The summed E-state index contributed by atoms with van der Waals surface area (Å²) < 4.78 is 1.85. The predicted molar refractivity (Wildman–Crippen MR) is 59.0 cm³/mol. The Morgan fingerprint density at radius 1 is 1.43 bits per heavy atom. The highest BCUT2D eigenvalue weighted by molar-refractivity contribution is 5.07. The minimum atomic E-state index is 0.267. The molecule has 0 aliphatic carbocycles. The molecule has 0 aliphatic rings. The maximum atomic E-state index is 5.86. The molecule has 0 unspecified atom stereocenters. The van der Waals surface area contributed by atoms with Gasteiger partial charge < -0.3 is 5.73 Å². The van der Waals surface area contributed by atoms with Crippen LogP contribution in [0.25, 0.3) is 0 Å². The van der Waals surface area contributed by atoms with E-state index in [1.807, 2.05) is 17.9 Å². The highest BCUT2D eigenvalue weighted by atomic mass is 15.2. The monoisotopic (exact) mass is 195 g/mol. The summed E-state index contributed by atoms with van der Waals surface area (Å²) in [5.41, 5.74) is 7.42. The maximum Gasteiger partial charge on any atom is 0.0521 e. The number of nitrogens with two attached hydrogens (primary N) is 1. The van der Waals surface area contributed by atoms with Crippen LogP contribution in [0.2, 0.25) is 0 Å². The van der Waals surface area contributed by atoms with Crippen LogP contribution >= 0.6 is 0 Å². The molecule has 0 aliphatic heterocycles. The third-order valence-electron chi connectivity index (χ3n) is 3.27. The Morgan fingerprint density at radius 2 is 2.07 bits per heavy atom. The molecule has 2 N–H and O–H groups in total. The van der Waals surface area contributed by atoms with Gasteiger partial charge in [-0.1, -0.05) is 13.8 Å². The molecule has 14 heavy (non-hydrogen) atoms. The van der Waals surface area contributed by atoms with Crippen LogP contribution < -0.4 is 5.73 Å². The zero-order valence-corrected chi connectivity index (χ0v) is 9.45. The van der Waals surface area contributed by atoms with Gasteiger partial charge in [0.05, 0.1) is 6.20 Å². The van der Waals surface area contributed by atoms with Gasteiger partial charge >= 0.3 is 0 Å². The Bertz CT molecular complexity index is 266. The second-order valence-electron chi connectivity index (χ2n) is 4.11. The molecule has 3 nitrogen and oxygen atoms in total. The van der Waals surface area contributed by atoms with Gasteiger partial charge in [-0.3, -0.25) is 4.68 Å². The molecule has 0 fully saturated rings. The van der Waals surface area contributed by atoms with Crippen LogP contribution in [-0.2, 0) is 13.5 Å². The fourth-order valence-electron chi connectivity index (χ4n) is 1.86. The van der Waals surface area contributed by atoms with E-state index in [0.717, 1.165) is 25.8 Å². The van der Waals surface area contributed by atoms with E-state index in [0.29, 0.717) is 0 Å². The second kappa shape index (κ2) is 4.60. The minimum absolute atomic E-state index is 0.267. The Balaban J connectivity index is 2.73. The Hall–Kier alpha value is -0.830. The van der Waals surface area contributed by atoms with Crippen LogP contribution in [0.1, 0.15) is 32.3 Å². The summed E-state index contributed by atoms with van der Waals surface area (Å²) in [5, 5.41) is 4.18. The summed E-state index contributed by atoms with van der Waals surface area (Å²) in [5.74, 6) is 0. The molecular weight excluding hydrogens is 174 g/mol. The molecule has 0 aromatic carbocycles. The highest BCUT2D eigenvalue weighted by Crippen LogP contribution is 2.29. The molecule has 3 heteroatoms. The molecule has 1 heterocycles. The Kier molecular flexibility index (Phi) is 3.69. The lowest BCUT2D eigenvalue weighted by atomic mass is 9.78. The molecule has 0 spiro atoms. The van der Waals surface area contributed by atoms with Crippen molar-refractivity contribution in [1.29, 1.82) is 0 Å². The SMILES string of the molecule is CCC(CC)(CN)Cc1cnn(C)c1. The Labute approximate surface area is 86.3 Å². The van der Waals surface area contributed by atoms with Gasteiger partial charge in [0.15, 0.2) is 0 Å². The number of aromatic nitrogens is 2. The lowest BCUT2D eigenvalue weighted by Gasteiger charge is -2.29. The fourth-order valence-corrected chi connectivity index (χ4v) is 1.86. The van der Waals surface area contributed by atoms with Crippen molar-refractivity contribution in [3.05, 3.63) is 18.0 Å². The van der Waals surface area contributed by atoms with Crippen LogP contribution in [-0.4, -0.2) is 16.3 Å². The number of hydrogen-bond donors (Lipinski definition) is 1. The zero-order chi connectivity index (χ0) is 10.6. The van der Waals surface area contributed by atoms with Crippen molar-refractivity contribution in [1.82, 2.24) is 9.78 Å². The largest absolute Gasteiger partial charge is 0.330 e. The first-order valence-electron chi connectivity index (χ1n) is 5.33. The Morgan fingerprint density at radius 3 is 2.43 bits per heavy atom. The topological polar surface area (TPSA) is 43.8 Å². The quantitative estimate of drug-likeness (QED) is 0.777. The van der Waals surface area contributed by atoms with Crippen LogP contribution in [0.4, 0.5) is 0 Å². The van der Waals surface area contributed by atoms with Crippen molar-refractivity contribution in [2.45, 2.75) is 33.1 Å². The summed E-state index contributed by atoms with van der Waals surface area (Å²) in [7, 11) is 1.95. The summed E-state index contributed by atoms with van der Waals surface area (Å²) in [4.78, 5) is 0. The van der Waals surface area contributed by atoms with Gasteiger partial charge in [-0.05, 0) is 36.8 Å². The third-order valence-corrected chi connectivity index (χ3v) is 3.27. The van der Waals surface area contributed by atoms with E-state index in [1.165, 1.54) is 5.56 Å². The lowest BCUT2D eigenvalue weighted by molar-refractivity contribution is 0.271. The molecule has 0 radical (unpaired) electrons. The van der Waals surface area contributed by atoms with Gasteiger partial charge in [0.25, 0.3) is 0 Å². The van der Waals surface area contributed by atoms with E-state index in [9.17, 15) is 0 Å². The number of aryl methyl sites for hydroxylation is 1. The number of rotatable bonds is 5. The molecule has 0 atom stereocenters. The number of nitrogens with zero attached hydrogens (tertiary/aromatic N) is 2. The molecule has 1 aromatic heterocycles. The smallest absolute Gasteiger partial charge is 0.0521 e. The molecule has 1 rings (SSSR count). The van der Waals surface area contributed by atoms with E-state index in [1.54, 1.807) is 0 Å². The van der Waals surface area contributed by atoms with Gasteiger partial charge in [-0.25, -0.2) is 0 Å². The molecular formula is C11H21N3. The van der Waals surface area contributed by atoms with E-state index in [4.69, 9.17) is 5.73 Å². The fraction of sp³-hybridized carbons (Fsp3) is 0.727. The van der Waals surface area contributed by atoms with Crippen molar-refractivity contribution < 1.29 is 0 Å². The van der Waals surface area contributed by atoms with Crippen molar-refractivity contribution in [3.8, 4) is 0 Å². The van der Waals surface area contributed by atoms with Crippen LogP contribution in [0.3, 0.4) is 0 Å². The van der Waals surface area contributed by atoms with Gasteiger partial charge in [-0.2, -0.15) is 5.10 Å². The summed E-state index contributed by atoms with van der Waals surface area (Å²) >= 11 is 0. The van der Waals surface area contributed by atoms with Gasteiger partial charge in [0, 0.05) is 13.2 Å². The van der Waals surface area contributed by atoms with Gasteiger partial charge in [0.1, 0.15) is 0 Å². The molecule has 1 aromatic rings. The lowest BCUT2D eigenvalue weighted by Crippen LogP contribution is -2.31. The molecule has 0 amide bonds. The van der Waals surface area contributed by atoms with Crippen molar-refractivity contribution in [2.75, 3.05) is 6.54 Å². The molecule has 0 bridgehead atoms. The van der Waals surface area contributed by atoms with Crippen molar-refractivity contribution in [3.63, 3.8) is 0 Å². The maximum absolute atomic E-state index is 5.86. The van der Waals surface area contributed by atoms with E-state index < -0.39 is 0 Å². The standard InChI is InChI=1S/C11H21N3/c1-4-11(5-2,9-12)6-10-7-13-14(3)8-10/h7-8H,4-6,9,12H2,1-3H3.